The molecule has 0 aliphatic heterocycles. The lowest BCUT2D eigenvalue weighted by atomic mass is 10.1. The molecule has 0 saturated carbocycles. The average molecular weight is 351 g/mol. The zero-order valence-corrected chi connectivity index (χ0v) is 14.6. The first-order valence-electron chi connectivity index (χ1n) is 8.52. The highest BCUT2D eigenvalue weighted by Crippen LogP contribution is 2.12. The molecule has 0 bridgehead atoms. The van der Waals surface area contributed by atoms with E-state index < -0.39 is 0 Å². The number of hydrogen-bond acceptors (Lipinski definition) is 5. The molecule has 0 spiro atoms. The molecule has 0 saturated heterocycles. The van der Waals surface area contributed by atoms with Crippen molar-refractivity contribution < 1.29 is 13.9 Å². The van der Waals surface area contributed by atoms with Crippen LogP contribution in [0.1, 0.15) is 27.7 Å². The highest BCUT2D eigenvalue weighted by atomic mass is 16.5. The molecular formula is C20H21N3O3. The van der Waals surface area contributed by atoms with Gasteiger partial charge < -0.3 is 14.5 Å². The fourth-order valence-corrected chi connectivity index (χ4v) is 2.57. The Morgan fingerprint density at radius 2 is 1.81 bits per heavy atom. The lowest BCUT2D eigenvalue weighted by Gasteiger charge is -2.05. The van der Waals surface area contributed by atoms with E-state index in [0.29, 0.717) is 25.3 Å². The van der Waals surface area contributed by atoms with E-state index in [2.05, 4.69) is 15.5 Å². The number of rotatable bonds is 8. The Bertz CT molecular complexity index is 846. The minimum absolute atomic E-state index is 0.00120. The van der Waals surface area contributed by atoms with Gasteiger partial charge in [-0.15, -0.1) is 10.2 Å². The minimum Gasteiger partial charge on any atom is -0.497 e. The van der Waals surface area contributed by atoms with Gasteiger partial charge >= 0.3 is 11.8 Å². The van der Waals surface area contributed by atoms with Gasteiger partial charge in [0.1, 0.15) is 5.75 Å². The Balaban J connectivity index is 1.47. The second-order valence-electron chi connectivity index (χ2n) is 5.84. The Kier molecular flexibility index (Phi) is 5.98. The van der Waals surface area contributed by atoms with Crippen molar-refractivity contribution in [2.75, 3.05) is 13.7 Å². The zero-order valence-electron chi connectivity index (χ0n) is 14.6. The molecule has 0 atom stereocenters. The molecule has 1 heterocycles. The first-order chi connectivity index (χ1) is 12.7. The van der Waals surface area contributed by atoms with Crippen molar-refractivity contribution in [1.82, 2.24) is 15.5 Å². The summed E-state index contributed by atoms with van der Waals surface area (Å²) >= 11 is 0. The molecule has 3 aromatic rings. The number of aromatic nitrogens is 2. The SMILES string of the molecule is COc1cccc(CCNC(=O)c2nnc(CCc3ccccc3)o2)c1. The molecule has 26 heavy (non-hydrogen) atoms. The molecule has 1 aromatic heterocycles. The summed E-state index contributed by atoms with van der Waals surface area (Å²) in [5.74, 6) is 0.908. The van der Waals surface area contributed by atoms with Gasteiger partial charge in [0.2, 0.25) is 5.89 Å². The van der Waals surface area contributed by atoms with Gasteiger partial charge in [-0.3, -0.25) is 4.79 Å². The molecule has 0 aliphatic rings. The van der Waals surface area contributed by atoms with Crippen molar-refractivity contribution in [1.29, 1.82) is 0 Å². The molecule has 0 radical (unpaired) electrons. The van der Waals surface area contributed by atoms with E-state index in [1.54, 1.807) is 7.11 Å². The summed E-state index contributed by atoms with van der Waals surface area (Å²) in [6.45, 7) is 0.480. The molecule has 0 aliphatic carbocycles. The Hall–Kier alpha value is -3.15. The molecule has 6 nitrogen and oxygen atoms in total. The number of nitrogens with one attached hydrogen (secondary N) is 1. The fraction of sp³-hybridized carbons (Fsp3) is 0.250. The molecule has 134 valence electrons. The predicted octanol–water partition coefficient (Wildman–Crippen LogP) is 2.84. The van der Waals surface area contributed by atoms with E-state index >= 15 is 0 Å². The predicted molar refractivity (Wildman–Crippen MR) is 97.2 cm³/mol. The number of amides is 1. The molecule has 6 heteroatoms. The first-order valence-corrected chi connectivity index (χ1v) is 8.52. The van der Waals surface area contributed by atoms with Crippen molar-refractivity contribution in [3.63, 3.8) is 0 Å². The number of carbonyl (C=O) groups is 1. The molecule has 2 aromatic carbocycles. The van der Waals surface area contributed by atoms with Gasteiger partial charge in [0.15, 0.2) is 0 Å². The van der Waals surface area contributed by atoms with E-state index in [1.807, 2.05) is 54.6 Å². The van der Waals surface area contributed by atoms with Crippen molar-refractivity contribution in [3.8, 4) is 5.75 Å². The summed E-state index contributed by atoms with van der Waals surface area (Å²) in [6.07, 6.45) is 2.09. The van der Waals surface area contributed by atoms with E-state index in [0.717, 1.165) is 17.7 Å². The maximum absolute atomic E-state index is 12.1. The van der Waals surface area contributed by atoms with Gasteiger partial charge in [0.25, 0.3) is 0 Å². The van der Waals surface area contributed by atoms with E-state index in [4.69, 9.17) is 9.15 Å². The highest BCUT2D eigenvalue weighted by Gasteiger charge is 2.14. The number of aryl methyl sites for hydroxylation is 2. The second-order valence-corrected chi connectivity index (χ2v) is 5.84. The summed E-state index contributed by atoms with van der Waals surface area (Å²) in [7, 11) is 1.63. The number of benzene rings is 2. The number of methoxy groups -OCH3 is 1. The number of nitrogens with zero attached hydrogens (tertiary/aromatic N) is 2. The highest BCUT2D eigenvalue weighted by molar-refractivity contribution is 5.89. The van der Waals surface area contributed by atoms with Gasteiger partial charge in [-0.1, -0.05) is 42.5 Å². The van der Waals surface area contributed by atoms with Crippen LogP contribution in [0.5, 0.6) is 5.75 Å². The van der Waals surface area contributed by atoms with Crippen LogP contribution in [0.2, 0.25) is 0 Å². The smallest absolute Gasteiger partial charge is 0.308 e. The van der Waals surface area contributed by atoms with Crippen molar-refractivity contribution >= 4 is 5.91 Å². The van der Waals surface area contributed by atoms with Crippen LogP contribution in [0.3, 0.4) is 0 Å². The van der Waals surface area contributed by atoms with Crippen LogP contribution in [-0.2, 0) is 19.3 Å². The maximum atomic E-state index is 12.1. The van der Waals surface area contributed by atoms with Crippen molar-refractivity contribution in [2.45, 2.75) is 19.3 Å². The third kappa shape index (κ3) is 4.92. The number of carbonyl (C=O) groups excluding carboxylic acids is 1. The molecule has 0 fully saturated rings. The summed E-state index contributed by atoms with van der Waals surface area (Å²) in [5.41, 5.74) is 2.27. The maximum Gasteiger partial charge on any atom is 0.308 e. The third-order valence-electron chi connectivity index (χ3n) is 3.96. The molecule has 1 N–H and O–H groups in total. The zero-order chi connectivity index (χ0) is 18.2. The van der Waals surface area contributed by atoms with E-state index in [9.17, 15) is 4.79 Å². The molecule has 0 unspecified atom stereocenters. The van der Waals surface area contributed by atoms with E-state index in [-0.39, 0.29) is 11.8 Å². The number of ether oxygens (including phenoxy) is 1. The largest absolute Gasteiger partial charge is 0.497 e. The average Bonchev–Trinajstić information content (AvgIpc) is 3.16. The third-order valence-corrected chi connectivity index (χ3v) is 3.96. The van der Waals surface area contributed by atoms with Crippen LogP contribution in [0, 0.1) is 0 Å². The summed E-state index contributed by atoms with van der Waals surface area (Å²) < 4.78 is 10.6. The van der Waals surface area contributed by atoms with Gasteiger partial charge in [0, 0.05) is 13.0 Å². The molecule has 3 rings (SSSR count). The van der Waals surface area contributed by atoms with Crippen molar-refractivity contribution in [3.05, 3.63) is 77.5 Å². The van der Waals surface area contributed by atoms with Gasteiger partial charge in [-0.2, -0.15) is 0 Å². The van der Waals surface area contributed by atoms with Crippen LogP contribution in [0.4, 0.5) is 0 Å². The standard InChI is InChI=1S/C20H21N3O3/c1-25-17-9-5-8-16(14-17)12-13-21-19(24)20-23-22-18(26-20)11-10-15-6-3-2-4-7-15/h2-9,14H,10-13H2,1H3,(H,21,24). The van der Waals surface area contributed by atoms with E-state index in [1.165, 1.54) is 5.56 Å². The Morgan fingerprint density at radius 1 is 1.00 bits per heavy atom. The molecular weight excluding hydrogens is 330 g/mol. The van der Waals surface area contributed by atoms with Gasteiger partial charge in [-0.25, -0.2) is 0 Å². The van der Waals surface area contributed by atoms with Crippen molar-refractivity contribution in [2.24, 2.45) is 0 Å². The monoisotopic (exact) mass is 351 g/mol. The summed E-state index contributed by atoms with van der Waals surface area (Å²) in [6, 6.07) is 17.8. The van der Waals surface area contributed by atoms with Crippen LogP contribution in [0.25, 0.3) is 0 Å². The Morgan fingerprint density at radius 3 is 2.62 bits per heavy atom. The Labute approximate surface area is 152 Å². The lowest BCUT2D eigenvalue weighted by molar-refractivity contribution is 0.0917. The number of hydrogen-bond donors (Lipinski definition) is 1. The summed E-state index contributed by atoms with van der Waals surface area (Å²) in [4.78, 5) is 12.1. The lowest BCUT2D eigenvalue weighted by Crippen LogP contribution is -2.26. The summed E-state index contributed by atoms with van der Waals surface area (Å²) in [5, 5.41) is 10.6. The topological polar surface area (TPSA) is 77.2 Å². The first kappa shape index (κ1) is 17.7. The second kappa shape index (κ2) is 8.80. The normalized spacial score (nSPS) is 10.5. The van der Waals surface area contributed by atoms with Crippen LogP contribution < -0.4 is 10.1 Å². The van der Waals surface area contributed by atoms with Gasteiger partial charge in [-0.05, 0) is 36.1 Å². The fourth-order valence-electron chi connectivity index (χ4n) is 2.57. The minimum atomic E-state index is -0.355. The quantitative estimate of drug-likeness (QED) is 0.675. The molecule has 1 amide bonds. The van der Waals surface area contributed by atoms with Crippen LogP contribution in [0.15, 0.2) is 59.0 Å². The van der Waals surface area contributed by atoms with Crippen LogP contribution in [-0.4, -0.2) is 29.8 Å². The van der Waals surface area contributed by atoms with Crippen LogP contribution >= 0.6 is 0 Å². The van der Waals surface area contributed by atoms with Gasteiger partial charge in [0.05, 0.1) is 7.11 Å².